The summed E-state index contributed by atoms with van der Waals surface area (Å²) < 4.78 is 1.41. The highest BCUT2D eigenvalue weighted by Gasteiger charge is 2.24. The number of aromatic nitrogens is 2. The van der Waals surface area contributed by atoms with Crippen LogP contribution in [0.15, 0.2) is 29.2 Å². The molecule has 0 aromatic carbocycles. The largest absolute Gasteiger partial charge is 0.354 e. The van der Waals surface area contributed by atoms with Crippen LogP contribution >= 0.6 is 11.3 Å². The van der Waals surface area contributed by atoms with Gasteiger partial charge in [0.05, 0.1) is 10.7 Å². The van der Waals surface area contributed by atoms with Crippen molar-refractivity contribution in [2.75, 3.05) is 6.54 Å². The number of nitrogens with zero attached hydrogens (tertiary/aromatic N) is 2. The molecule has 0 radical (unpaired) electrons. The molecule has 0 bridgehead atoms. The molecule has 2 aromatic heterocycles. The van der Waals surface area contributed by atoms with E-state index in [-0.39, 0.29) is 18.0 Å². The average molecular weight is 317 g/mol. The van der Waals surface area contributed by atoms with Gasteiger partial charge in [-0.1, -0.05) is 6.07 Å². The van der Waals surface area contributed by atoms with Crippen LogP contribution in [0.4, 0.5) is 0 Å². The minimum absolute atomic E-state index is 0.0648. The van der Waals surface area contributed by atoms with Gasteiger partial charge in [0, 0.05) is 29.6 Å². The first-order valence-corrected chi connectivity index (χ1v) is 8.33. The first-order valence-electron chi connectivity index (χ1n) is 7.52. The predicted molar refractivity (Wildman–Crippen MR) is 86.2 cm³/mol. The number of amides is 1. The molecule has 1 amide bonds. The van der Waals surface area contributed by atoms with E-state index in [2.05, 4.69) is 10.3 Å². The molecule has 0 fully saturated rings. The zero-order valence-electron chi connectivity index (χ0n) is 12.5. The van der Waals surface area contributed by atoms with Gasteiger partial charge in [0.2, 0.25) is 5.91 Å². The van der Waals surface area contributed by atoms with Crippen molar-refractivity contribution in [3.8, 4) is 0 Å². The topological polar surface area (TPSA) is 64.0 Å². The molecular formula is C16H19N3O2S. The molecule has 0 saturated carbocycles. The summed E-state index contributed by atoms with van der Waals surface area (Å²) in [4.78, 5) is 29.6. The van der Waals surface area contributed by atoms with Crippen molar-refractivity contribution in [1.29, 1.82) is 0 Å². The number of hydrogen-bond donors (Lipinski definition) is 1. The van der Waals surface area contributed by atoms with Gasteiger partial charge in [-0.05, 0) is 32.3 Å². The lowest BCUT2D eigenvalue weighted by Crippen LogP contribution is -2.34. The zero-order valence-corrected chi connectivity index (χ0v) is 13.4. The average Bonchev–Trinajstić information content (AvgIpc) is 2.88. The van der Waals surface area contributed by atoms with Crippen molar-refractivity contribution >= 4 is 17.2 Å². The van der Waals surface area contributed by atoms with Crippen LogP contribution in [0.3, 0.4) is 0 Å². The molecule has 1 aliphatic carbocycles. The van der Waals surface area contributed by atoms with E-state index in [1.807, 2.05) is 6.92 Å². The normalized spacial score (nSPS) is 17.0. The molecule has 1 unspecified atom stereocenters. The summed E-state index contributed by atoms with van der Waals surface area (Å²) in [7, 11) is 0. The maximum atomic E-state index is 12.0. The molecule has 1 atom stereocenters. The van der Waals surface area contributed by atoms with E-state index < -0.39 is 0 Å². The van der Waals surface area contributed by atoms with Gasteiger partial charge in [0.1, 0.15) is 6.54 Å². The third-order valence-corrected chi connectivity index (χ3v) is 4.98. The van der Waals surface area contributed by atoms with E-state index in [0.717, 1.165) is 30.0 Å². The molecule has 6 heteroatoms. The summed E-state index contributed by atoms with van der Waals surface area (Å²) in [6.45, 7) is 2.69. The van der Waals surface area contributed by atoms with Gasteiger partial charge in [0.15, 0.2) is 0 Å². The second-order valence-corrected chi connectivity index (χ2v) is 6.89. The quantitative estimate of drug-likeness (QED) is 0.936. The third-order valence-electron chi connectivity index (χ3n) is 3.94. The Labute approximate surface area is 133 Å². The van der Waals surface area contributed by atoms with Crippen LogP contribution in [-0.4, -0.2) is 22.0 Å². The number of hydrogen-bond acceptors (Lipinski definition) is 4. The highest BCUT2D eigenvalue weighted by atomic mass is 32.1. The van der Waals surface area contributed by atoms with Crippen LogP contribution in [0.5, 0.6) is 0 Å². The lowest BCUT2D eigenvalue weighted by molar-refractivity contribution is -0.121. The molecular weight excluding hydrogens is 298 g/mol. The SMILES string of the molecule is Cc1nc2c(s1)CCCC2CNC(=O)Cn1ccccc1=O. The molecule has 0 saturated heterocycles. The van der Waals surface area contributed by atoms with Crippen LogP contribution in [-0.2, 0) is 17.8 Å². The number of carbonyl (C=O) groups is 1. The molecule has 116 valence electrons. The van der Waals surface area contributed by atoms with E-state index in [0.29, 0.717) is 12.5 Å². The molecule has 1 N–H and O–H groups in total. The Kier molecular flexibility index (Phi) is 4.38. The third kappa shape index (κ3) is 3.27. The number of pyridine rings is 1. The van der Waals surface area contributed by atoms with Gasteiger partial charge < -0.3 is 9.88 Å². The smallest absolute Gasteiger partial charge is 0.250 e. The summed E-state index contributed by atoms with van der Waals surface area (Å²) >= 11 is 1.76. The number of thiazole rings is 1. The van der Waals surface area contributed by atoms with Crippen molar-refractivity contribution in [2.45, 2.75) is 38.6 Å². The van der Waals surface area contributed by atoms with Crippen LogP contribution in [0.2, 0.25) is 0 Å². The highest BCUT2D eigenvalue weighted by molar-refractivity contribution is 7.11. The van der Waals surface area contributed by atoms with Crippen LogP contribution in [0, 0.1) is 6.92 Å². The van der Waals surface area contributed by atoms with Crippen molar-refractivity contribution in [3.63, 3.8) is 0 Å². The van der Waals surface area contributed by atoms with Gasteiger partial charge in [-0.3, -0.25) is 9.59 Å². The number of fused-ring (bicyclic) bond motifs is 1. The van der Waals surface area contributed by atoms with E-state index in [1.54, 1.807) is 29.7 Å². The number of carbonyl (C=O) groups excluding carboxylic acids is 1. The molecule has 1 aliphatic rings. The summed E-state index contributed by atoms with van der Waals surface area (Å²) in [6, 6.07) is 4.88. The van der Waals surface area contributed by atoms with Crippen molar-refractivity contribution < 1.29 is 4.79 Å². The van der Waals surface area contributed by atoms with Gasteiger partial charge in [0.25, 0.3) is 5.56 Å². The fourth-order valence-electron chi connectivity index (χ4n) is 2.87. The molecule has 0 aliphatic heterocycles. The summed E-state index contributed by atoms with van der Waals surface area (Å²) in [6.07, 6.45) is 4.93. The van der Waals surface area contributed by atoms with Crippen LogP contribution in [0.1, 0.15) is 34.3 Å². The summed E-state index contributed by atoms with van der Waals surface area (Å²) in [5.41, 5.74) is 0.999. The maximum absolute atomic E-state index is 12.0. The monoisotopic (exact) mass is 317 g/mol. The second kappa shape index (κ2) is 6.44. The number of aryl methyl sites for hydroxylation is 2. The van der Waals surface area contributed by atoms with Crippen LogP contribution < -0.4 is 10.9 Å². The zero-order chi connectivity index (χ0) is 15.5. The minimum atomic E-state index is -0.160. The molecule has 5 nitrogen and oxygen atoms in total. The minimum Gasteiger partial charge on any atom is -0.354 e. The lowest BCUT2D eigenvalue weighted by Gasteiger charge is -2.21. The van der Waals surface area contributed by atoms with E-state index >= 15 is 0 Å². The van der Waals surface area contributed by atoms with E-state index in [1.165, 1.54) is 15.5 Å². The van der Waals surface area contributed by atoms with Gasteiger partial charge in [-0.2, -0.15) is 0 Å². The molecule has 3 rings (SSSR count). The predicted octanol–water partition coefficient (Wildman–Crippen LogP) is 1.85. The second-order valence-electron chi connectivity index (χ2n) is 5.60. The molecule has 2 heterocycles. The Bertz CT molecular complexity index is 735. The standard InChI is InChI=1S/C16H19N3O2S/c1-11-18-16-12(5-4-6-13(16)22-11)9-17-14(20)10-19-8-3-2-7-15(19)21/h2-3,7-8,12H,4-6,9-10H2,1H3,(H,17,20). The summed E-state index contributed by atoms with van der Waals surface area (Å²) in [5.74, 6) is 0.164. The van der Waals surface area contributed by atoms with Gasteiger partial charge in [-0.25, -0.2) is 4.98 Å². The number of nitrogens with one attached hydrogen (secondary N) is 1. The maximum Gasteiger partial charge on any atom is 0.250 e. The van der Waals surface area contributed by atoms with Crippen molar-refractivity contribution in [1.82, 2.24) is 14.9 Å². The Balaban J connectivity index is 1.60. The first-order chi connectivity index (χ1) is 10.6. The lowest BCUT2D eigenvalue weighted by atomic mass is 9.91. The van der Waals surface area contributed by atoms with E-state index in [4.69, 9.17) is 0 Å². The van der Waals surface area contributed by atoms with Gasteiger partial charge >= 0.3 is 0 Å². The van der Waals surface area contributed by atoms with Gasteiger partial charge in [-0.15, -0.1) is 11.3 Å². The number of rotatable bonds is 4. The Morgan fingerprint density at radius 2 is 2.36 bits per heavy atom. The van der Waals surface area contributed by atoms with Crippen molar-refractivity contribution in [3.05, 3.63) is 50.3 Å². The molecule has 2 aromatic rings. The summed E-state index contributed by atoms with van der Waals surface area (Å²) in [5, 5.41) is 4.04. The Morgan fingerprint density at radius 1 is 1.50 bits per heavy atom. The Hall–Kier alpha value is -1.95. The van der Waals surface area contributed by atoms with Crippen LogP contribution in [0.25, 0.3) is 0 Å². The highest BCUT2D eigenvalue weighted by Crippen LogP contribution is 2.34. The Morgan fingerprint density at radius 3 is 3.18 bits per heavy atom. The first kappa shape index (κ1) is 15.0. The molecule has 0 spiro atoms. The fraction of sp³-hybridized carbons (Fsp3) is 0.438. The van der Waals surface area contributed by atoms with E-state index in [9.17, 15) is 9.59 Å². The van der Waals surface area contributed by atoms with Crippen molar-refractivity contribution in [2.24, 2.45) is 0 Å². The fourth-order valence-corrected chi connectivity index (χ4v) is 3.93. The molecule has 22 heavy (non-hydrogen) atoms.